The van der Waals surface area contributed by atoms with Crippen LogP contribution in [0.4, 0.5) is 4.79 Å². The molecule has 23 heavy (non-hydrogen) atoms. The minimum Gasteiger partial charge on any atom is -0.444 e. The van der Waals surface area contributed by atoms with Gasteiger partial charge >= 0.3 is 6.09 Å². The Labute approximate surface area is 149 Å². The number of carbonyl (C=O) groups is 1. The molecule has 2 heterocycles. The molecule has 1 aromatic heterocycles. The van der Waals surface area contributed by atoms with Gasteiger partial charge in [0.2, 0.25) is 0 Å². The third-order valence-corrected chi connectivity index (χ3v) is 3.76. The van der Waals surface area contributed by atoms with Crippen molar-refractivity contribution in [2.75, 3.05) is 13.2 Å². The van der Waals surface area contributed by atoms with E-state index in [9.17, 15) is 4.79 Å². The SMILES string of the molecule is C#C[C@@H]1C(c2cc(Cl)nc(Br)c2)OCCN1C(=O)OC(C)(C)C. The van der Waals surface area contributed by atoms with E-state index < -0.39 is 23.8 Å². The fraction of sp³-hybridized carbons (Fsp3) is 0.500. The van der Waals surface area contributed by atoms with Crippen molar-refractivity contribution >= 4 is 33.6 Å². The fourth-order valence-electron chi connectivity index (χ4n) is 2.30. The molecule has 2 rings (SSSR count). The lowest BCUT2D eigenvalue weighted by Crippen LogP contribution is -2.51. The van der Waals surface area contributed by atoms with E-state index in [-0.39, 0.29) is 0 Å². The summed E-state index contributed by atoms with van der Waals surface area (Å²) in [6, 6.07) is 2.88. The third kappa shape index (κ3) is 4.60. The highest BCUT2D eigenvalue weighted by molar-refractivity contribution is 9.10. The van der Waals surface area contributed by atoms with Gasteiger partial charge in [-0.2, -0.15) is 0 Å². The van der Waals surface area contributed by atoms with Crippen LogP contribution in [0, 0.1) is 12.3 Å². The highest BCUT2D eigenvalue weighted by Crippen LogP contribution is 2.31. The zero-order valence-corrected chi connectivity index (χ0v) is 15.5. The van der Waals surface area contributed by atoms with E-state index in [4.69, 9.17) is 27.5 Å². The summed E-state index contributed by atoms with van der Waals surface area (Å²) in [5, 5.41) is 0.322. The Balaban J connectivity index is 2.28. The van der Waals surface area contributed by atoms with Crippen molar-refractivity contribution in [3.63, 3.8) is 0 Å². The summed E-state index contributed by atoms with van der Waals surface area (Å²) in [5.41, 5.74) is 0.167. The first-order valence-corrected chi connectivity index (χ1v) is 8.28. The van der Waals surface area contributed by atoms with E-state index in [1.165, 1.54) is 4.90 Å². The van der Waals surface area contributed by atoms with E-state index >= 15 is 0 Å². The molecule has 1 saturated heterocycles. The Bertz CT molecular complexity index is 619. The van der Waals surface area contributed by atoms with Crippen LogP contribution in [0.5, 0.6) is 0 Å². The Hall–Kier alpha value is -1.29. The maximum absolute atomic E-state index is 12.4. The molecule has 0 aliphatic carbocycles. The summed E-state index contributed by atoms with van der Waals surface area (Å²) in [6.45, 7) is 6.17. The number of hydrogen-bond acceptors (Lipinski definition) is 4. The molecule has 1 unspecified atom stereocenters. The molecule has 0 bridgehead atoms. The number of carbonyl (C=O) groups excluding carboxylic acids is 1. The number of morpholine rings is 1. The predicted molar refractivity (Wildman–Crippen MR) is 91.2 cm³/mol. The molecule has 5 nitrogen and oxygen atoms in total. The number of aromatic nitrogens is 1. The normalized spacial score (nSPS) is 21.7. The van der Waals surface area contributed by atoms with Crippen molar-refractivity contribution in [3.05, 3.63) is 27.5 Å². The quantitative estimate of drug-likeness (QED) is 0.530. The molecule has 1 aliphatic heterocycles. The van der Waals surface area contributed by atoms with Gasteiger partial charge in [-0.3, -0.25) is 4.90 Å². The monoisotopic (exact) mass is 400 g/mol. The summed E-state index contributed by atoms with van der Waals surface area (Å²) in [6.07, 6.45) is 4.72. The number of rotatable bonds is 1. The topological polar surface area (TPSA) is 51.7 Å². The second kappa shape index (κ2) is 7.08. The van der Waals surface area contributed by atoms with Crippen molar-refractivity contribution in [1.82, 2.24) is 9.88 Å². The van der Waals surface area contributed by atoms with Gasteiger partial charge in [-0.1, -0.05) is 17.5 Å². The van der Waals surface area contributed by atoms with Gasteiger partial charge in [0.1, 0.15) is 27.5 Å². The van der Waals surface area contributed by atoms with Crippen LogP contribution in [-0.2, 0) is 9.47 Å². The van der Waals surface area contributed by atoms with Crippen LogP contribution in [0.3, 0.4) is 0 Å². The van der Waals surface area contributed by atoms with E-state index in [1.807, 2.05) is 20.8 Å². The van der Waals surface area contributed by atoms with Crippen molar-refractivity contribution in [1.29, 1.82) is 0 Å². The van der Waals surface area contributed by atoms with Crippen LogP contribution in [-0.4, -0.2) is 40.8 Å². The molecule has 124 valence electrons. The van der Waals surface area contributed by atoms with Gasteiger partial charge in [0, 0.05) is 6.54 Å². The minimum absolute atomic E-state index is 0.322. The summed E-state index contributed by atoms with van der Waals surface area (Å²) in [5.74, 6) is 2.63. The number of pyridine rings is 1. The van der Waals surface area contributed by atoms with Crippen LogP contribution in [0.15, 0.2) is 16.7 Å². The molecule has 1 fully saturated rings. The van der Waals surface area contributed by atoms with Crippen LogP contribution < -0.4 is 0 Å². The average Bonchev–Trinajstić information content (AvgIpc) is 2.43. The highest BCUT2D eigenvalue weighted by Gasteiger charge is 2.37. The number of ether oxygens (including phenoxy) is 2. The Kier molecular flexibility index (Phi) is 5.56. The van der Waals surface area contributed by atoms with Crippen molar-refractivity contribution < 1.29 is 14.3 Å². The van der Waals surface area contributed by atoms with Gasteiger partial charge in [0.15, 0.2) is 0 Å². The summed E-state index contributed by atoms with van der Waals surface area (Å²) < 4.78 is 11.8. The Morgan fingerprint density at radius 2 is 2.26 bits per heavy atom. The minimum atomic E-state index is -0.590. The zero-order chi connectivity index (χ0) is 17.2. The number of hydrogen-bond donors (Lipinski definition) is 0. The fourth-order valence-corrected chi connectivity index (χ4v) is 3.08. The second-order valence-electron chi connectivity index (χ2n) is 6.12. The van der Waals surface area contributed by atoms with Crippen LogP contribution in [0.2, 0.25) is 5.15 Å². The first-order valence-electron chi connectivity index (χ1n) is 7.11. The first-order chi connectivity index (χ1) is 10.7. The maximum atomic E-state index is 12.4. The number of terminal acetylenes is 1. The third-order valence-electron chi connectivity index (χ3n) is 3.16. The Morgan fingerprint density at radius 1 is 1.57 bits per heavy atom. The lowest BCUT2D eigenvalue weighted by Gasteiger charge is -2.39. The van der Waals surface area contributed by atoms with Crippen LogP contribution in [0.25, 0.3) is 0 Å². The van der Waals surface area contributed by atoms with Crippen molar-refractivity contribution in [2.24, 2.45) is 0 Å². The largest absolute Gasteiger partial charge is 0.444 e. The van der Waals surface area contributed by atoms with E-state index in [2.05, 4.69) is 26.8 Å². The molecular weight excluding hydrogens is 384 g/mol. The number of amides is 1. The van der Waals surface area contributed by atoms with Crippen molar-refractivity contribution in [2.45, 2.75) is 38.5 Å². The molecule has 0 N–H and O–H groups in total. The molecule has 1 aliphatic rings. The first kappa shape index (κ1) is 18.1. The van der Waals surface area contributed by atoms with E-state index in [1.54, 1.807) is 12.1 Å². The smallest absolute Gasteiger partial charge is 0.411 e. The van der Waals surface area contributed by atoms with Gasteiger partial charge in [-0.15, -0.1) is 6.42 Å². The molecule has 0 aromatic carbocycles. The van der Waals surface area contributed by atoms with Gasteiger partial charge in [-0.25, -0.2) is 9.78 Å². The summed E-state index contributed by atoms with van der Waals surface area (Å²) in [7, 11) is 0. The summed E-state index contributed by atoms with van der Waals surface area (Å²) >= 11 is 9.29. The second-order valence-corrected chi connectivity index (χ2v) is 7.32. The predicted octanol–water partition coefficient (Wildman–Crippen LogP) is 3.81. The standard InChI is InChI=1S/C16H18BrClN2O3/c1-5-11-14(10-8-12(17)19-13(18)9-10)22-7-6-20(11)15(21)23-16(2,3)4/h1,8-9,11,14H,6-7H2,2-4H3/t11-,14?/m1/s1. The average molecular weight is 402 g/mol. The van der Waals surface area contributed by atoms with Gasteiger partial charge in [-0.05, 0) is 54.4 Å². The lowest BCUT2D eigenvalue weighted by atomic mass is 10.0. The molecule has 0 radical (unpaired) electrons. The molecule has 0 saturated carbocycles. The van der Waals surface area contributed by atoms with Crippen LogP contribution in [0.1, 0.15) is 32.4 Å². The number of nitrogens with zero attached hydrogens (tertiary/aromatic N) is 2. The zero-order valence-electron chi connectivity index (χ0n) is 13.2. The van der Waals surface area contributed by atoms with Crippen LogP contribution >= 0.6 is 27.5 Å². The van der Waals surface area contributed by atoms with Crippen molar-refractivity contribution in [3.8, 4) is 12.3 Å². The van der Waals surface area contributed by atoms with Gasteiger partial charge in [0.25, 0.3) is 0 Å². The highest BCUT2D eigenvalue weighted by atomic mass is 79.9. The molecule has 0 spiro atoms. The molecule has 2 atom stereocenters. The Morgan fingerprint density at radius 3 is 2.83 bits per heavy atom. The molecule has 1 aromatic rings. The summed E-state index contributed by atoms with van der Waals surface area (Å²) in [4.78, 5) is 18.0. The van der Waals surface area contributed by atoms with E-state index in [0.717, 1.165) is 5.56 Å². The van der Waals surface area contributed by atoms with Gasteiger partial charge < -0.3 is 9.47 Å². The van der Waals surface area contributed by atoms with E-state index in [0.29, 0.717) is 22.9 Å². The van der Waals surface area contributed by atoms with Gasteiger partial charge in [0.05, 0.1) is 6.61 Å². The number of halogens is 2. The molecular formula is C16H18BrClN2O3. The molecule has 7 heteroatoms. The lowest BCUT2D eigenvalue weighted by molar-refractivity contribution is -0.0618. The molecule has 1 amide bonds. The maximum Gasteiger partial charge on any atom is 0.411 e.